The van der Waals surface area contributed by atoms with Gasteiger partial charge in [-0.1, -0.05) is 18.7 Å². The van der Waals surface area contributed by atoms with Crippen molar-refractivity contribution in [3.63, 3.8) is 0 Å². The number of carboxylic acids is 1. The van der Waals surface area contributed by atoms with Gasteiger partial charge in [0.05, 0.1) is 22.5 Å². The topological polar surface area (TPSA) is 98.4 Å². The highest BCUT2D eigenvalue weighted by Crippen LogP contribution is 2.14. The van der Waals surface area contributed by atoms with E-state index < -0.39 is 5.97 Å². The molecule has 0 spiro atoms. The molecule has 0 saturated carbocycles. The zero-order chi connectivity index (χ0) is 19.4. The number of aliphatic imine (C=N–C) groups is 1. The number of fused-ring (bicyclic) bond motifs is 1. The first kappa shape index (κ1) is 17.7. The zero-order valence-electron chi connectivity index (χ0n) is 14.4. The number of carbonyl (C=O) groups is 1. The van der Waals surface area contributed by atoms with Gasteiger partial charge in [0.15, 0.2) is 0 Å². The van der Waals surface area contributed by atoms with Crippen molar-refractivity contribution in [1.82, 2.24) is 4.98 Å². The zero-order valence-corrected chi connectivity index (χ0v) is 14.4. The molecule has 0 unspecified atom stereocenters. The van der Waals surface area contributed by atoms with Crippen LogP contribution in [0.4, 0.5) is 11.5 Å². The molecule has 6 heteroatoms. The third-order valence-corrected chi connectivity index (χ3v) is 3.87. The molecule has 0 fully saturated rings. The van der Waals surface area contributed by atoms with Gasteiger partial charge < -0.3 is 10.4 Å². The lowest BCUT2D eigenvalue weighted by atomic mass is 10.1. The summed E-state index contributed by atoms with van der Waals surface area (Å²) < 4.78 is 0. The lowest BCUT2D eigenvalue weighted by Crippen LogP contribution is -2.28. The Morgan fingerprint density at radius 2 is 2.11 bits per heavy atom. The standard InChI is InChI=1S/C21H14N4O2/c1-13-17-8-5-15(21(26)27)11-19(17)25-20(18(13)9-10-23-2)24-16-6-3-14(12-22)4-7-16/h3-4,6-7,9-11H,1H2,2H3,(H,24,25)(H,26,27)/b18-9+,23-10-. The number of benzene rings is 1. The maximum atomic E-state index is 11.2. The molecule has 3 rings (SSSR count). The van der Waals surface area contributed by atoms with Crippen molar-refractivity contribution >= 4 is 47.2 Å². The Labute approximate surface area is 155 Å². The van der Waals surface area contributed by atoms with E-state index in [0.29, 0.717) is 32.7 Å². The lowest BCUT2D eigenvalue weighted by molar-refractivity contribution is 0.0697. The third-order valence-electron chi connectivity index (χ3n) is 3.87. The van der Waals surface area contributed by atoms with Gasteiger partial charge in [0.25, 0.3) is 0 Å². The molecule has 0 bridgehead atoms. The highest BCUT2D eigenvalue weighted by Gasteiger charge is 2.08. The summed E-state index contributed by atoms with van der Waals surface area (Å²) in [4.78, 5) is 19.7. The smallest absolute Gasteiger partial charge is 0.344 e. The molecule has 0 atom stereocenters. The first-order valence-electron chi connectivity index (χ1n) is 7.93. The summed E-state index contributed by atoms with van der Waals surface area (Å²) >= 11 is 0. The van der Waals surface area contributed by atoms with Crippen LogP contribution in [0, 0.1) is 23.5 Å². The van der Waals surface area contributed by atoms with Gasteiger partial charge in [0.2, 0.25) is 0 Å². The van der Waals surface area contributed by atoms with Crippen LogP contribution in [0.5, 0.6) is 0 Å². The van der Waals surface area contributed by atoms with Gasteiger partial charge in [0.1, 0.15) is 11.4 Å². The van der Waals surface area contributed by atoms with Gasteiger partial charge in [0, 0.05) is 24.2 Å². The average molecular weight is 354 g/mol. The van der Waals surface area contributed by atoms with Crippen molar-refractivity contribution in [3.05, 3.63) is 64.0 Å². The van der Waals surface area contributed by atoms with E-state index in [-0.39, 0.29) is 5.56 Å². The van der Waals surface area contributed by atoms with Crippen molar-refractivity contribution in [1.29, 1.82) is 5.26 Å². The third kappa shape index (κ3) is 3.60. The quantitative estimate of drug-likeness (QED) is 0.699. The van der Waals surface area contributed by atoms with Crippen LogP contribution in [0.3, 0.4) is 0 Å². The summed E-state index contributed by atoms with van der Waals surface area (Å²) in [5.74, 6) is -0.607. The first-order chi connectivity index (χ1) is 13.0. The van der Waals surface area contributed by atoms with E-state index in [4.69, 9.17) is 5.26 Å². The number of hydrogen-bond acceptors (Lipinski definition) is 5. The van der Waals surface area contributed by atoms with E-state index in [2.05, 4.69) is 40.1 Å². The number of carboxylic acid groups (broad SMARTS) is 1. The number of nitrogens with zero attached hydrogens (tertiary/aromatic N) is 3. The largest absolute Gasteiger partial charge is 0.477 e. The predicted octanol–water partition coefficient (Wildman–Crippen LogP) is 2.04. The average Bonchev–Trinajstić information content (AvgIpc) is 2.68. The molecule has 0 aliphatic rings. The molecule has 0 amide bonds. The van der Waals surface area contributed by atoms with Crippen LogP contribution in [0.1, 0.15) is 15.9 Å². The van der Waals surface area contributed by atoms with Crippen molar-refractivity contribution in [2.75, 3.05) is 12.4 Å². The second-order valence-electron chi connectivity index (χ2n) is 5.61. The summed E-state index contributed by atoms with van der Waals surface area (Å²) in [5, 5.41) is 23.2. The minimum Gasteiger partial charge on any atom is -0.477 e. The van der Waals surface area contributed by atoms with Crippen LogP contribution < -0.4 is 15.8 Å². The van der Waals surface area contributed by atoms with Crippen molar-refractivity contribution in [2.45, 2.75) is 0 Å². The van der Waals surface area contributed by atoms with Gasteiger partial charge in [-0.05, 0) is 41.6 Å². The molecule has 6 nitrogen and oxygen atoms in total. The number of nitrogens with one attached hydrogen (secondary N) is 1. The van der Waals surface area contributed by atoms with E-state index in [9.17, 15) is 9.90 Å². The van der Waals surface area contributed by atoms with Crippen LogP contribution in [0.15, 0.2) is 35.3 Å². The maximum Gasteiger partial charge on any atom is 0.344 e. The summed E-state index contributed by atoms with van der Waals surface area (Å²) in [6.45, 7) is 4.09. The highest BCUT2D eigenvalue weighted by molar-refractivity contribution is 5.95. The Kier molecular flexibility index (Phi) is 4.83. The fraction of sp³-hybridized carbons (Fsp3) is 0.0476. The van der Waals surface area contributed by atoms with Crippen molar-refractivity contribution in [3.8, 4) is 6.07 Å². The number of rotatable bonds is 4. The fourth-order valence-corrected chi connectivity index (χ4v) is 2.52. The minimum atomic E-state index is -1.10. The Hall–Kier alpha value is -4.16. The molecule has 130 valence electrons. The molecular formula is C21H14N4O2. The van der Waals surface area contributed by atoms with Gasteiger partial charge in [-0.2, -0.15) is 5.26 Å². The molecule has 0 radical (unpaired) electrons. The van der Waals surface area contributed by atoms with Gasteiger partial charge in [-0.15, -0.1) is 0 Å². The number of pyridine rings is 1. The predicted molar refractivity (Wildman–Crippen MR) is 104 cm³/mol. The summed E-state index contributed by atoms with van der Waals surface area (Å²) in [7, 11) is 1.65. The van der Waals surface area contributed by atoms with E-state index in [0.717, 1.165) is 5.69 Å². The molecule has 0 aliphatic carbocycles. The molecule has 27 heavy (non-hydrogen) atoms. The molecular weight excluding hydrogens is 340 g/mol. The normalized spacial score (nSPS) is 11.3. The molecule has 2 N–H and O–H groups in total. The summed E-state index contributed by atoms with van der Waals surface area (Å²) in [6, 6.07) is 15.9. The monoisotopic (exact) mass is 354 g/mol. The van der Waals surface area contributed by atoms with Crippen molar-refractivity contribution < 1.29 is 9.90 Å². The second kappa shape index (κ2) is 7.38. The Morgan fingerprint density at radius 1 is 1.37 bits per heavy atom. The van der Waals surface area contributed by atoms with Crippen molar-refractivity contribution in [2.24, 2.45) is 4.99 Å². The van der Waals surface area contributed by atoms with E-state index in [1.807, 2.05) is 0 Å². The molecule has 0 saturated heterocycles. The van der Waals surface area contributed by atoms with E-state index in [1.54, 1.807) is 43.6 Å². The van der Waals surface area contributed by atoms with Gasteiger partial charge >= 0.3 is 5.97 Å². The molecule has 2 aromatic carbocycles. The number of anilines is 2. The SMILES string of the molecule is C=c1/c(=C\C=N/C)c(Nc2ccc(C#N)cc2)nc2cc(C(=O)O)c#cc12. The molecule has 3 aromatic rings. The van der Waals surface area contributed by atoms with Crippen LogP contribution in [-0.4, -0.2) is 29.3 Å². The van der Waals surface area contributed by atoms with Crippen LogP contribution in [-0.2, 0) is 0 Å². The van der Waals surface area contributed by atoms with Gasteiger partial charge in [-0.3, -0.25) is 4.99 Å². The Morgan fingerprint density at radius 3 is 2.74 bits per heavy atom. The maximum absolute atomic E-state index is 11.2. The fourth-order valence-electron chi connectivity index (χ4n) is 2.52. The number of hydrogen-bond donors (Lipinski definition) is 2. The lowest BCUT2D eigenvalue weighted by Gasteiger charge is -2.09. The Bertz CT molecular complexity index is 1210. The second-order valence-corrected chi connectivity index (χ2v) is 5.61. The first-order valence-corrected chi connectivity index (χ1v) is 7.93. The molecule has 1 heterocycles. The molecule has 1 aromatic heterocycles. The van der Waals surface area contributed by atoms with Crippen LogP contribution in [0.2, 0.25) is 0 Å². The van der Waals surface area contributed by atoms with Crippen LogP contribution >= 0.6 is 0 Å². The minimum absolute atomic E-state index is 0.0226. The Balaban J connectivity index is 2.22. The highest BCUT2D eigenvalue weighted by atomic mass is 16.4. The van der Waals surface area contributed by atoms with E-state index >= 15 is 0 Å². The summed E-state index contributed by atoms with van der Waals surface area (Å²) in [5.41, 5.74) is 1.70. The number of nitriles is 1. The number of aromatic nitrogens is 1. The van der Waals surface area contributed by atoms with Crippen LogP contribution in [0.25, 0.3) is 23.6 Å². The summed E-state index contributed by atoms with van der Waals surface area (Å²) in [6.07, 6.45) is 3.39. The van der Waals surface area contributed by atoms with E-state index in [1.165, 1.54) is 6.07 Å². The van der Waals surface area contributed by atoms with Gasteiger partial charge in [-0.25, -0.2) is 9.78 Å². The molecule has 0 aliphatic heterocycles. The number of aromatic carboxylic acids is 1.